The predicted octanol–water partition coefficient (Wildman–Crippen LogP) is 5.11. The molecule has 2 unspecified atom stereocenters. The molecular formula is C15H17NS3. The Bertz CT molecular complexity index is 523. The smallest absolute Gasteiger partial charge is 0.107 e. The van der Waals surface area contributed by atoms with Crippen molar-refractivity contribution < 1.29 is 0 Å². The first-order valence-electron chi connectivity index (χ1n) is 6.62. The van der Waals surface area contributed by atoms with Crippen molar-refractivity contribution in [2.45, 2.75) is 23.8 Å². The first-order valence-corrected chi connectivity index (χ1v) is 9.60. The Kier molecular flexibility index (Phi) is 4.51. The second kappa shape index (κ2) is 6.33. The summed E-state index contributed by atoms with van der Waals surface area (Å²) in [5.74, 6) is 2.54. The second-order valence-electron chi connectivity index (χ2n) is 4.55. The van der Waals surface area contributed by atoms with E-state index in [4.69, 9.17) is 4.98 Å². The maximum absolute atomic E-state index is 4.89. The molecule has 1 aromatic heterocycles. The number of nitrogens with zero attached hydrogens (tertiary/aromatic N) is 1. The monoisotopic (exact) mass is 307 g/mol. The first-order chi connectivity index (χ1) is 9.38. The Balaban J connectivity index is 1.84. The van der Waals surface area contributed by atoms with E-state index < -0.39 is 0 Å². The van der Waals surface area contributed by atoms with Gasteiger partial charge in [0.2, 0.25) is 0 Å². The maximum Gasteiger partial charge on any atom is 0.107 e. The van der Waals surface area contributed by atoms with Crippen molar-refractivity contribution in [2.24, 2.45) is 0 Å². The molecular weight excluding hydrogens is 290 g/mol. The normalized spacial score (nSPS) is 23.4. The molecule has 1 nitrogen and oxygen atoms in total. The lowest BCUT2D eigenvalue weighted by molar-refractivity contribution is 0.789. The molecule has 1 fully saturated rings. The van der Waals surface area contributed by atoms with Crippen molar-refractivity contribution in [1.29, 1.82) is 0 Å². The molecule has 19 heavy (non-hydrogen) atoms. The van der Waals surface area contributed by atoms with Crippen molar-refractivity contribution in [3.8, 4) is 11.3 Å². The molecule has 0 aliphatic carbocycles. The lowest BCUT2D eigenvalue weighted by atomic mass is 10.2. The van der Waals surface area contributed by atoms with Crippen molar-refractivity contribution in [3.63, 3.8) is 0 Å². The van der Waals surface area contributed by atoms with E-state index in [1.54, 1.807) is 0 Å². The van der Waals surface area contributed by atoms with Crippen LogP contribution in [-0.2, 0) is 0 Å². The Morgan fingerprint density at radius 2 is 1.95 bits per heavy atom. The molecule has 100 valence electrons. The van der Waals surface area contributed by atoms with Crippen LogP contribution in [0.4, 0.5) is 0 Å². The summed E-state index contributed by atoms with van der Waals surface area (Å²) < 4.78 is 0. The molecule has 0 spiro atoms. The van der Waals surface area contributed by atoms with E-state index in [0.717, 1.165) is 10.9 Å². The lowest BCUT2D eigenvalue weighted by Crippen LogP contribution is -2.18. The Hall–Kier alpha value is -0.450. The predicted molar refractivity (Wildman–Crippen MR) is 89.3 cm³/mol. The third kappa shape index (κ3) is 3.01. The van der Waals surface area contributed by atoms with E-state index in [0.29, 0.717) is 5.25 Å². The number of thioether (sulfide) groups is 2. The summed E-state index contributed by atoms with van der Waals surface area (Å²) >= 11 is 6.03. The van der Waals surface area contributed by atoms with E-state index in [9.17, 15) is 0 Å². The highest BCUT2D eigenvalue weighted by Gasteiger charge is 2.28. The molecule has 2 heterocycles. The molecule has 2 atom stereocenters. The summed E-state index contributed by atoms with van der Waals surface area (Å²) in [5.41, 5.74) is 2.36. The molecule has 0 saturated carbocycles. The molecule has 3 rings (SSSR count). The highest BCUT2D eigenvalue weighted by atomic mass is 32.2. The van der Waals surface area contributed by atoms with E-state index in [1.807, 2.05) is 11.3 Å². The van der Waals surface area contributed by atoms with E-state index in [-0.39, 0.29) is 0 Å². The Labute approximate surface area is 127 Å². The summed E-state index contributed by atoms with van der Waals surface area (Å²) in [6.45, 7) is 2.29. The SMILES string of the molecule is CCC1SCCSC1c1nc(-c2ccccc2)cs1. The Morgan fingerprint density at radius 1 is 1.16 bits per heavy atom. The van der Waals surface area contributed by atoms with Crippen LogP contribution in [0.1, 0.15) is 23.6 Å². The summed E-state index contributed by atoms with van der Waals surface area (Å²) in [6.07, 6.45) is 1.24. The van der Waals surface area contributed by atoms with Crippen LogP contribution < -0.4 is 0 Å². The molecule has 0 bridgehead atoms. The van der Waals surface area contributed by atoms with Gasteiger partial charge in [0, 0.05) is 27.7 Å². The van der Waals surface area contributed by atoms with Gasteiger partial charge < -0.3 is 0 Å². The van der Waals surface area contributed by atoms with Crippen LogP contribution in [0.5, 0.6) is 0 Å². The average molecular weight is 308 g/mol. The molecule has 0 N–H and O–H groups in total. The fraction of sp³-hybridized carbons (Fsp3) is 0.400. The number of thiazole rings is 1. The molecule has 4 heteroatoms. The number of benzene rings is 1. The molecule has 1 saturated heterocycles. The van der Waals surface area contributed by atoms with Crippen LogP contribution in [0.2, 0.25) is 0 Å². The van der Waals surface area contributed by atoms with Crippen LogP contribution in [0.25, 0.3) is 11.3 Å². The van der Waals surface area contributed by atoms with Gasteiger partial charge in [-0.2, -0.15) is 11.8 Å². The van der Waals surface area contributed by atoms with Crippen LogP contribution in [-0.4, -0.2) is 21.7 Å². The number of aromatic nitrogens is 1. The van der Waals surface area contributed by atoms with Gasteiger partial charge in [-0.25, -0.2) is 4.98 Å². The first kappa shape index (κ1) is 13.5. The number of hydrogen-bond donors (Lipinski definition) is 0. The average Bonchev–Trinajstić information content (AvgIpc) is 2.98. The van der Waals surface area contributed by atoms with E-state index in [2.05, 4.69) is 66.2 Å². The second-order valence-corrected chi connectivity index (χ2v) is 8.03. The summed E-state index contributed by atoms with van der Waals surface area (Å²) in [7, 11) is 0. The van der Waals surface area contributed by atoms with Gasteiger partial charge in [0.05, 0.1) is 10.9 Å². The van der Waals surface area contributed by atoms with E-state index in [1.165, 1.54) is 28.5 Å². The van der Waals surface area contributed by atoms with Gasteiger partial charge in [-0.15, -0.1) is 23.1 Å². The third-order valence-corrected chi connectivity index (χ3v) is 7.62. The fourth-order valence-electron chi connectivity index (χ4n) is 2.29. The van der Waals surface area contributed by atoms with Gasteiger partial charge in [0.1, 0.15) is 5.01 Å². The minimum Gasteiger partial charge on any atom is -0.240 e. The molecule has 1 aromatic carbocycles. The maximum atomic E-state index is 4.89. The standard InChI is InChI=1S/C15H17NS3/c1-2-13-14(18-9-8-17-13)15-16-12(10-19-15)11-6-4-3-5-7-11/h3-7,10,13-14H,2,8-9H2,1H3. The van der Waals surface area contributed by atoms with Crippen LogP contribution in [0.15, 0.2) is 35.7 Å². The van der Waals surface area contributed by atoms with Gasteiger partial charge in [0.15, 0.2) is 0 Å². The minimum atomic E-state index is 0.589. The highest BCUT2D eigenvalue weighted by molar-refractivity contribution is 8.06. The van der Waals surface area contributed by atoms with Crippen LogP contribution in [0.3, 0.4) is 0 Å². The zero-order valence-corrected chi connectivity index (χ0v) is 13.4. The molecule has 1 aliphatic heterocycles. The largest absolute Gasteiger partial charge is 0.240 e. The summed E-state index contributed by atoms with van der Waals surface area (Å²) in [6, 6.07) is 10.5. The number of hydrogen-bond acceptors (Lipinski definition) is 4. The topological polar surface area (TPSA) is 12.9 Å². The third-order valence-electron chi connectivity index (χ3n) is 3.29. The molecule has 0 radical (unpaired) electrons. The zero-order valence-electron chi connectivity index (χ0n) is 10.9. The quantitative estimate of drug-likeness (QED) is 0.782. The van der Waals surface area contributed by atoms with Gasteiger partial charge in [0.25, 0.3) is 0 Å². The highest BCUT2D eigenvalue weighted by Crippen LogP contribution is 2.45. The summed E-state index contributed by atoms with van der Waals surface area (Å²) in [5, 5.41) is 4.83. The molecule has 1 aliphatic rings. The zero-order chi connectivity index (χ0) is 13.1. The number of rotatable bonds is 3. The van der Waals surface area contributed by atoms with Crippen LogP contribution in [0, 0.1) is 0 Å². The fourth-order valence-corrected chi connectivity index (χ4v) is 6.56. The van der Waals surface area contributed by atoms with Crippen molar-refractivity contribution in [1.82, 2.24) is 4.98 Å². The van der Waals surface area contributed by atoms with Gasteiger partial charge >= 0.3 is 0 Å². The van der Waals surface area contributed by atoms with Gasteiger partial charge in [-0.05, 0) is 6.42 Å². The van der Waals surface area contributed by atoms with Crippen molar-refractivity contribution >= 4 is 34.9 Å². The van der Waals surface area contributed by atoms with Crippen molar-refractivity contribution in [3.05, 3.63) is 40.7 Å². The molecule has 0 amide bonds. The van der Waals surface area contributed by atoms with Gasteiger partial charge in [-0.3, -0.25) is 0 Å². The van der Waals surface area contributed by atoms with Crippen LogP contribution >= 0.6 is 34.9 Å². The summed E-state index contributed by atoms with van der Waals surface area (Å²) in [4.78, 5) is 4.89. The van der Waals surface area contributed by atoms with E-state index >= 15 is 0 Å². The van der Waals surface area contributed by atoms with Gasteiger partial charge in [-0.1, -0.05) is 37.3 Å². The van der Waals surface area contributed by atoms with Crippen molar-refractivity contribution in [2.75, 3.05) is 11.5 Å². The minimum absolute atomic E-state index is 0.589. The lowest BCUT2D eigenvalue weighted by Gasteiger charge is -2.28. The Morgan fingerprint density at radius 3 is 2.74 bits per heavy atom. The molecule has 2 aromatic rings.